The summed E-state index contributed by atoms with van der Waals surface area (Å²) in [5.74, 6) is 0.147. The molecule has 0 heterocycles. The average Bonchev–Trinajstić information content (AvgIpc) is 2.05. The van der Waals surface area contributed by atoms with Gasteiger partial charge in [0.05, 0.1) is 10.6 Å². The average molecular weight is 249 g/mol. The third kappa shape index (κ3) is 2.08. The number of hydrogen-bond donors (Lipinski definition) is 0. The Labute approximate surface area is 80.7 Å². The summed E-state index contributed by atoms with van der Waals surface area (Å²) in [6.07, 6.45) is 0. The fourth-order valence-corrected chi connectivity index (χ4v) is 1.96. The number of halogens is 1. The summed E-state index contributed by atoms with van der Waals surface area (Å²) in [7, 11) is -3.04. The summed E-state index contributed by atoms with van der Waals surface area (Å²) in [5, 5.41) is 0. The Morgan fingerprint density at radius 2 is 1.75 bits per heavy atom. The van der Waals surface area contributed by atoms with Gasteiger partial charge in [-0.3, -0.25) is 0 Å². The highest BCUT2D eigenvalue weighted by Crippen LogP contribution is 2.15. The number of hydrogen-bond acceptors (Lipinski definition) is 2. The third-order valence-electron chi connectivity index (χ3n) is 1.55. The van der Waals surface area contributed by atoms with E-state index in [1.54, 1.807) is 31.2 Å². The first-order chi connectivity index (χ1) is 5.56. The molecule has 0 amide bonds. The van der Waals surface area contributed by atoms with Crippen molar-refractivity contribution in [1.82, 2.24) is 0 Å². The van der Waals surface area contributed by atoms with Gasteiger partial charge in [0.25, 0.3) is 0 Å². The second-order valence-corrected chi connectivity index (χ2v) is 5.55. The molecule has 1 aromatic carbocycles. The topological polar surface area (TPSA) is 34.1 Å². The van der Waals surface area contributed by atoms with Gasteiger partial charge in [-0.1, -0.05) is 22.9 Å². The van der Waals surface area contributed by atoms with E-state index in [0.29, 0.717) is 4.90 Å². The predicted octanol–water partition coefficient (Wildman–Crippen LogP) is 2.24. The molecule has 0 spiro atoms. The van der Waals surface area contributed by atoms with Crippen molar-refractivity contribution in [2.45, 2.75) is 11.8 Å². The van der Waals surface area contributed by atoms with Crippen molar-refractivity contribution < 1.29 is 8.42 Å². The summed E-state index contributed by atoms with van der Waals surface area (Å²) >= 11 is 3.24. The van der Waals surface area contributed by atoms with Gasteiger partial charge in [0.1, 0.15) is 0 Å². The zero-order chi connectivity index (χ0) is 9.19. The van der Waals surface area contributed by atoms with E-state index in [4.69, 9.17) is 0 Å². The maximum Gasteiger partial charge on any atom is 0.178 e. The molecule has 0 aliphatic rings. The monoisotopic (exact) mass is 248 g/mol. The number of benzene rings is 1. The SMILES string of the molecule is CCS(=O)(=O)c1ccc(Br)cc1. The molecule has 66 valence electrons. The minimum Gasteiger partial charge on any atom is -0.224 e. The van der Waals surface area contributed by atoms with Crippen LogP contribution in [0, 0.1) is 0 Å². The minimum atomic E-state index is -3.04. The van der Waals surface area contributed by atoms with Gasteiger partial charge >= 0.3 is 0 Å². The zero-order valence-electron chi connectivity index (χ0n) is 6.62. The lowest BCUT2D eigenvalue weighted by Gasteiger charge is -1.99. The Morgan fingerprint density at radius 3 is 2.17 bits per heavy atom. The first-order valence-corrected chi connectivity index (χ1v) is 5.99. The number of rotatable bonds is 2. The molecule has 0 fully saturated rings. The predicted molar refractivity (Wildman–Crippen MR) is 51.9 cm³/mol. The van der Waals surface area contributed by atoms with E-state index in [1.807, 2.05) is 0 Å². The Morgan fingerprint density at radius 1 is 1.25 bits per heavy atom. The molecule has 0 aliphatic carbocycles. The molecule has 1 aromatic rings. The van der Waals surface area contributed by atoms with Gasteiger partial charge in [-0.2, -0.15) is 0 Å². The molecule has 0 atom stereocenters. The molecular weight excluding hydrogens is 240 g/mol. The molecule has 0 saturated heterocycles. The molecule has 1 rings (SSSR count). The van der Waals surface area contributed by atoms with Crippen molar-refractivity contribution in [3.05, 3.63) is 28.7 Å². The van der Waals surface area contributed by atoms with Gasteiger partial charge in [-0.25, -0.2) is 8.42 Å². The maximum absolute atomic E-state index is 11.3. The highest BCUT2D eigenvalue weighted by atomic mass is 79.9. The first-order valence-electron chi connectivity index (χ1n) is 3.54. The zero-order valence-corrected chi connectivity index (χ0v) is 9.02. The molecule has 0 N–H and O–H groups in total. The summed E-state index contributed by atoms with van der Waals surface area (Å²) in [6, 6.07) is 6.65. The van der Waals surface area contributed by atoms with Crippen molar-refractivity contribution in [3.63, 3.8) is 0 Å². The van der Waals surface area contributed by atoms with Gasteiger partial charge in [0.15, 0.2) is 9.84 Å². The van der Waals surface area contributed by atoms with Crippen LogP contribution in [0.4, 0.5) is 0 Å². The van der Waals surface area contributed by atoms with Crippen molar-refractivity contribution in [1.29, 1.82) is 0 Å². The number of sulfone groups is 1. The van der Waals surface area contributed by atoms with Gasteiger partial charge in [0.2, 0.25) is 0 Å². The van der Waals surface area contributed by atoms with E-state index in [-0.39, 0.29) is 5.75 Å². The van der Waals surface area contributed by atoms with E-state index in [0.717, 1.165) is 4.47 Å². The van der Waals surface area contributed by atoms with E-state index < -0.39 is 9.84 Å². The van der Waals surface area contributed by atoms with Crippen LogP contribution < -0.4 is 0 Å². The Balaban J connectivity index is 3.14. The molecule has 0 unspecified atom stereocenters. The fourth-order valence-electron chi connectivity index (χ4n) is 0.809. The first kappa shape index (κ1) is 9.74. The van der Waals surface area contributed by atoms with Crippen molar-refractivity contribution in [2.24, 2.45) is 0 Å². The Bertz CT molecular complexity index is 353. The van der Waals surface area contributed by atoms with Crippen LogP contribution >= 0.6 is 15.9 Å². The van der Waals surface area contributed by atoms with Crippen LogP contribution in [0.3, 0.4) is 0 Å². The second-order valence-electron chi connectivity index (χ2n) is 2.36. The van der Waals surface area contributed by atoms with E-state index >= 15 is 0 Å². The maximum atomic E-state index is 11.3. The van der Waals surface area contributed by atoms with E-state index in [2.05, 4.69) is 15.9 Å². The molecule has 0 aromatic heterocycles. The van der Waals surface area contributed by atoms with Crippen LogP contribution in [-0.4, -0.2) is 14.2 Å². The van der Waals surface area contributed by atoms with Crippen molar-refractivity contribution in [3.8, 4) is 0 Å². The molecule has 0 aliphatic heterocycles. The smallest absolute Gasteiger partial charge is 0.178 e. The summed E-state index contributed by atoms with van der Waals surface area (Å²) in [5.41, 5.74) is 0. The highest BCUT2D eigenvalue weighted by molar-refractivity contribution is 9.10. The Hall–Kier alpha value is -0.350. The second kappa shape index (κ2) is 3.58. The van der Waals surface area contributed by atoms with E-state index in [1.165, 1.54) is 0 Å². The normalized spacial score (nSPS) is 11.5. The summed E-state index contributed by atoms with van der Waals surface area (Å²) in [4.78, 5) is 0.383. The lowest BCUT2D eigenvalue weighted by molar-refractivity contribution is 0.597. The lowest BCUT2D eigenvalue weighted by Crippen LogP contribution is -2.02. The molecular formula is C8H9BrO2S. The van der Waals surface area contributed by atoms with Crippen LogP contribution in [0.2, 0.25) is 0 Å². The molecule has 0 radical (unpaired) electrons. The van der Waals surface area contributed by atoms with Crippen LogP contribution in [0.1, 0.15) is 6.92 Å². The molecule has 2 nitrogen and oxygen atoms in total. The Kier molecular flexibility index (Phi) is 2.90. The van der Waals surface area contributed by atoms with Crippen LogP contribution in [0.5, 0.6) is 0 Å². The standard InChI is InChI=1S/C8H9BrO2S/c1-2-12(10,11)8-5-3-7(9)4-6-8/h3-6H,2H2,1H3. The van der Waals surface area contributed by atoms with Gasteiger partial charge in [-0.05, 0) is 24.3 Å². The van der Waals surface area contributed by atoms with Crippen LogP contribution in [0.15, 0.2) is 33.6 Å². The van der Waals surface area contributed by atoms with Gasteiger partial charge < -0.3 is 0 Å². The lowest BCUT2D eigenvalue weighted by atomic mass is 10.4. The van der Waals surface area contributed by atoms with Gasteiger partial charge in [-0.15, -0.1) is 0 Å². The quantitative estimate of drug-likeness (QED) is 0.805. The molecule has 4 heteroatoms. The van der Waals surface area contributed by atoms with Crippen molar-refractivity contribution >= 4 is 25.8 Å². The van der Waals surface area contributed by atoms with Crippen LogP contribution in [0.25, 0.3) is 0 Å². The van der Waals surface area contributed by atoms with Gasteiger partial charge in [0, 0.05) is 4.47 Å². The molecule has 0 bridgehead atoms. The molecule has 12 heavy (non-hydrogen) atoms. The van der Waals surface area contributed by atoms with Crippen LogP contribution in [-0.2, 0) is 9.84 Å². The van der Waals surface area contributed by atoms with E-state index in [9.17, 15) is 8.42 Å². The summed E-state index contributed by atoms with van der Waals surface area (Å²) < 4.78 is 23.5. The highest BCUT2D eigenvalue weighted by Gasteiger charge is 2.09. The van der Waals surface area contributed by atoms with Crippen molar-refractivity contribution in [2.75, 3.05) is 5.75 Å². The third-order valence-corrected chi connectivity index (χ3v) is 3.83. The largest absolute Gasteiger partial charge is 0.224 e. The fraction of sp³-hybridized carbons (Fsp3) is 0.250. The summed E-state index contributed by atoms with van der Waals surface area (Å²) in [6.45, 7) is 1.64. The minimum absolute atomic E-state index is 0.147. The molecule has 0 saturated carbocycles.